The van der Waals surface area contributed by atoms with Crippen molar-refractivity contribution in [1.29, 1.82) is 0 Å². The van der Waals surface area contributed by atoms with Crippen LogP contribution in [0.1, 0.15) is 39.5 Å². The third-order valence-corrected chi connectivity index (χ3v) is 4.73. The first-order valence-electron chi connectivity index (χ1n) is 7.72. The molecule has 0 aromatic heterocycles. The van der Waals surface area contributed by atoms with Crippen LogP contribution in [0, 0.1) is 5.92 Å². The molecule has 0 radical (unpaired) electrons. The fraction of sp³-hybridized carbons (Fsp3) is 0.929. The Labute approximate surface area is 128 Å². The third kappa shape index (κ3) is 7.66. The van der Waals surface area contributed by atoms with Gasteiger partial charge in [0.1, 0.15) is 9.84 Å². The van der Waals surface area contributed by atoms with Crippen molar-refractivity contribution >= 4 is 15.8 Å². The van der Waals surface area contributed by atoms with E-state index in [1.807, 2.05) is 13.8 Å². The van der Waals surface area contributed by atoms with E-state index >= 15 is 0 Å². The standard InChI is InChI=1S/C14H29N3O3S/c1-4-15-14(16-10-12-6-5-7-13(12)18)17-11(2)8-9-21(3,19)20/h11-13,18H,4-10H2,1-3H3,(H2,15,16,17). The van der Waals surface area contributed by atoms with Gasteiger partial charge >= 0.3 is 0 Å². The fourth-order valence-electron chi connectivity index (χ4n) is 2.46. The average Bonchev–Trinajstić information content (AvgIpc) is 2.79. The summed E-state index contributed by atoms with van der Waals surface area (Å²) < 4.78 is 22.4. The zero-order valence-electron chi connectivity index (χ0n) is 13.3. The molecule has 124 valence electrons. The van der Waals surface area contributed by atoms with Crippen LogP contribution < -0.4 is 10.6 Å². The molecule has 0 aromatic carbocycles. The highest BCUT2D eigenvalue weighted by Crippen LogP contribution is 2.25. The molecule has 0 saturated heterocycles. The number of hydrogen-bond donors (Lipinski definition) is 3. The Balaban J connectivity index is 2.47. The summed E-state index contributed by atoms with van der Waals surface area (Å²) in [5, 5.41) is 16.2. The Bertz CT molecular complexity index is 437. The Kier molecular flexibility index (Phi) is 7.45. The molecule has 0 bridgehead atoms. The van der Waals surface area contributed by atoms with Crippen molar-refractivity contribution in [2.24, 2.45) is 10.9 Å². The van der Waals surface area contributed by atoms with Crippen LogP contribution in [0.4, 0.5) is 0 Å². The smallest absolute Gasteiger partial charge is 0.191 e. The summed E-state index contributed by atoms with van der Waals surface area (Å²) in [4.78, 5) is 4.52. The monoisotopic (exact) mass is 319 g/mol. The lowest BCUT2D eigenvalue weighted by atomic mass is 10.1. The summed E-state index contributed by atoms with van der Waals surface area (Å²) in [6.45, 7) is 5.29. The lowest BCUT2D eigenvalue weighted by Crippen LogP contribution is -2.43. The largest absolute Gasteiger partial charge is 0.393 e. The van der Waals surface area contributed by atoms with E-state index in [4.69, 9.17) is 0 Å². The molecule has 1 aliphatic rings. The summed E-state index contributed by atoms with van der Waals surface area (Å²) in [6, 6.07) is 0.0334. The van der Waals surface area contributed by atoms with Crippen LogP contribution in [-0.2, 0) is 9.84 Å². The number of nitrogens with one attached hydrogen (secondary N) is 2. The number of guanidine groups is 1. The molecule has 1 saturated carbocycles. The molecule has 0 amide bonds. The van der Waals surface area contributed by atoms with Gasteiger partial charge in [0.15, 0.2) is 5.96 Å². The van der Waals surface area contributed by atoms with Crippen molar-refractivity contribution in [3.05, 3.63) is 0 Å². The second-order valence-electron chi connectivity index (χ2n) is 5.94. The van der Waals surface area contributed by atoms with Gasteiger partial charge in [0.05, 0.1) is 11.9 Å². The summed E-state index contributed by atoms with van der Waals surface area (Å²) in [7, 11) is -2.93. The van der Waals surface area contributed by atoms with E-state index in [9.17, 15) is 13.5 Å². The van der Waals surface area contributed by atoms with Gasteiger partial charge in [-0.3, -0.25) is 4.99 Å². The number of rotatable bonds is 7. The van der Waals surface area contributed by atoms with Crippen LogP contribution in [0.15, 0.2) is 4.99 Å². The maximum atomic E-state index is 11.2. The Morgan fingerprint density at radius 1 is 1.43 bits per heavy atom. The fourth-order valence-corrected chi connectivity index (χ4v) is 3.24. The molecule has 1 fully saturated rings. The van der Waals surface area contributed by atoms with E-state index in [2.05, 4.69) is 15.6 Å². The molecule has 0 aromatic rings. The Morgan fingerprint density at radius 3 is 2.67 bits per heavy atom. The normalized spacial score (nSPS) is 24.9. The molecule has 7 heteroatoms. The summed E-state index contributed by atoms with van der Waals surface area (Å²) in [6.07, 6.45) is 4.52. The van der Waals surface area contributed by atoms with Gasteiger partial charge in [0, 0.05) is 31.3 Å². The molecule has 1 rings (SSSR count). The number of sulfone groups is 1. The molecule has 3 atom stereocenters. The number of hydrogen-bond acceptors (Lipinski definition) is 4. The van der Waals surface area contributed by atoms with E-state index in [1.54, 1.807) is 0 Å². The molecular weight excluding hydrogens is 290 g/mol. The van der Waals surface area contributed by atoms with Crippen LogP contribution >= 0.6 is 0 Å². The number of aliphatic hydroxyl groups is 1. The van der Waals surface area contributed by atoms with Gasteiger partial charge in [0.2, 0.25) is 0 Å². The van der Waals surface area contributed by atoms with Gasteiger partial charge in [-0.25, -0.2) is 8.42 Å². The lowest BCUT2D eigenvalue weighted by molar-refractivity contribution is 0.136. The number of aliphatic hydroxyl groups excluding tert-OH is 1. The van der Waals surface area contributed by atoms with Crippen molar-refractivity contribution in [1.82, 2.24) is 10.6 Å². The van der Waals surface area contributed by atoms with E-state index < -0.39 is 9.84 Å². The van der Waals surface area contributed by atoms with Crippen LogP contribution in [0.3, 0.4) is 0 Å². The van der Waals surface area contributed by atoms with Crippen molar-refractivity contribution < 1.29 is 13.5 Å². The highest BCUT2D eigenvalue weighted by molar-refractivity contribution is 7.90. The molecule has 3 N–H and O–H groups in total. The summed E-state index contributed by atoms with van der Waals surface area (Å²) >= 11 is 0. The molecule has 0 spiro atoms. The van der Waals surface area contributed by atoms with Crippen molar-refractivity contribution in [2.75, 3.05) is 25.1 Å². The molecule has 6 nitrogen and oxygen atoms in total. The van der Waals surface area contributed by atoms with E-state index in [0.717, 1.165) is 25.8 Å². The second kappa shape index (κ2) is 8.58. The zero-order chi connectivity index (χ0) is 15.9. The van der Waals surface area contributed by atoms with Crippen molar-refractivity contribution in [2.45, 2.75) is 51.7 Å². The maximum absolute atomic E-state index is 11.2. The van der Waals surface area contributed by atoms with Gasteiger partial charge in [-0.15, -0.1) is 0 Å². The highest BCUT2D eigenvalue weighted by Gasteiger charge is 2.24. The highest BCUT2D eigenvalue weighted by atomic mass is 32.2. The molecule has 21 heavy (non-hydrogen) atoms. The first-order chi connectivity index (χ1) is 9.81. The molecule has 1 aliphatic carbocycles. The maximum Gasteiger partial charge on any atom is 0.191 e. The van der Waals surface area contributed by atoms with Crippen molar-refractivity contribution in [3.8, 4) is 0 Å². The Hall–Kier alpha value is -0.820. The molecule has 3 unspecified atom stereocenters. The minimum atomic E-state index is -2.93. The van der Waals surface area contributed by atoms with Gasteiger partial charge in [-0.2, -0.15) is 0 Å². The SMILES string of the molecule is CCNC(=NCC1CCCC1O)NC(C)CCS(C)(=O)=O. The minimum absolute atomic E-state index is 0.0334. The Morgan fingerprint density at radius 2 is 2.14 bits per heavy atom. The van der Waals surface area contributed by atoms with Crippen LogP contribution in [0.5, 0.6) is 0 Å². The van der Waals surface area contributed by atoms with Crippen molar-refractivity contribution in [3.63, 3.8) is 0 Å². The molecule has 0 heterocycles. The third-order valence-electron chi connectivity index (χ3n) is 3.75. The lowest BCUT2D eigenvalue weighted by Gasteiger charge is -2.19. The zero-order valence-corrected chi connectivity index (χ0v) is 14.1. The topological polar surface area (TPSA) is 90.8 Å². The predicted molar refractivity (Wildman–Crippen MR) is 86.3 cm³/mol. The van der Waals surface area contributed by atoms with Gasteiger partial charge in [0.25, 0.3) is 0 Å². The first-order valence-corrected chi connectivity index (χ1v) is 9.78. The number of nitrogens with zero attached hydrogens (tertiary/aromatic N) is 1. The number of aliphatic imine (C=N–C) groups is 1. The van der Waals surface area contributed by atoms with E-state index in [1.165, 1.54) is 6.26 Å². The predicted octanol–water partition coefficient (Wildman–Crippen LogP) is 0.526. The van der Waals surface area contributed by atoms with Gasteiger partial charge < -0.3 is 15.7 Å². The second-order valence-corrected chi connectivity index (χ2v) is 8.20. The quantitative estimate of drug-likeness (QED) is 0.470. The summed E-state index contributed by atoms with van der Waals surface area (Å²) in [5.74, 6) is 1.10. The van der Waals surface area contributed by atoms with Crippen LogP contribution in [0.25, 0.3) is 0 Å². The van der Waals surface area contributed by atoms with Crippen LogP contribution in [-0.4, -0.2) is 56.7 Å². The van der Waals surface area contributed by atoms with Gasteiger partial charge in [-0.05, 0) is 33.1 Å². The average molecular weight is 319 g/mol. The van der Waals surface area contributed by atoms with E-state index in [0.29, 0.717) is 18.9 Å². The summed E-state index contributed by atoms with van der Waals surface area (Å²) in [5.41, 5.74) is 0. The van der Waals surface area contributed by atoms with Crippen LogP contribution in [0.2, 0.25) is 0 Å². The minimum Gasteiger partial charge on any atom is -0.393 e. The first kappa shape index (κ1) is 18.2. The molecular formula is C14H29N3O3S. The van der Waals surface area contributed by atoms with E-state index in [-0.39, 0.29) is 23.8 Å². The molecule has 0 aliphatic heterocycles. The van der Waals surface area contributed by atoms with Gasteiger partial charge in [-0.1, -0.05) is 6.42 Å².